The SMILES string of the molecule is CC(NC(=O)CSc1nc2ccccc2c(=O)n1CCC1=CCCCC1)c1ccccc1. The highest BCUT2D eigenvalue weighted by atomic mass is 32.2. The molecule has 0 radical (unpaired) electrons. The molecule has 3 aromatic rings. The Labute approximate surface area is 192 Å². The topological polar surface area (TPSA) is 64.0 Å². The van der Waals surface area contributed by atoms with E-state index in [4.69, 9.17) is 4.98 Å². The minimum atomic E-state index is -0.0747. The van der Waals surface area contributed by atoms with E-state index < -0.39 is 0 Å². The number of hydrogen-bond acceptors (Lipinski definition) is 4. The van der Waals surface area contributed by atoms with Crippen molar-refractivity contribution in [3.8, 4) is 0 Å². The van der Waals surface area contributed by atoms with Gasteiger partial charge in [-0.2, -0.15) is 0 Å². The molecule has 0 spiro atoms. The molecule has 166 valence electrons. The van der Waals surface area contributed by atoms with Crippen LogP contribution in [0.2, 0.25) is 0 Å². The minimum Gasteiger partial charge on any atom is -0.349 e. The molecule has 0 saturated carbocycles. The summed E-state index contributed by atoms with van der Waals surface area (Å²) >= 11 is 1.33. The van der Waals surface area contributed by atoms with Crippen molar-refractivity contribution < 1.29 is 4.79 Å². The van der Waals surface area contributed by atoms with Gasteiger partial charge in [-0.3, -0.25) is 14.2 Å². The van der Waals surface area contributed by atoms with Crippen LogP contribution in [0.25, 0.3) is 10.9 Å². The van der Waals surface area contributed by atoms with Crippen LogP contribution in [-0.4, -0.2) is 21.2 Å². The van der Waals surface area contributed by atoms with Crippen LogP contribution in [0.4, 0.5) is 0 Å². The fraction of sp³-hybridized carbons (Fsp3) is 0.346. The third-order valence-electron chi connectivity index (χ3n) is 5.88. The monoisotopic (exact) mass is 447 g/mol. The van der Waals surface area contributed by atoms with E-state index in [1.807, 2.05) is 61.5 Å². The third kappa shape index (κ3) is 5.49. The van der Waals surface area contributed by atoms with Crippen molar-refractivity contribution in [3.05, 3.63) is 82.2 Å². The third-order valence-corrected chi connectivity index (χ3v) is 6.85. The average molecular weight is 448 g/mol. The number of allylic oxidation sites excluding steroid dienone is 2. The molecular weight excluding hydrogens is 418 g/mol. The van der Waals surface area contributed by atoms with Crippen molar-refractivity contribution in [2.75, 3.05) is 5.75 Å². The molecule has 1 aliphatic rings. The molecule has 0 saturated heterocycles. The van der Waals surface area contributed by atoms with Gasteiger partial charge in [0.05, 0.1) is 22.7 Å². The second-order valence-corrected chi connectivity index (χ2v) is 9.16. The molecule has 1 amide bonds. The first-order valence-corrected chi connectivity index (χ1v) is 12.2. The average Bonchev–Trinajstić information content (AvgIpc) is 2.83. The van der Waals surface area contributed by atoms with Gasteiger partial charge >= 0.3 is 0 Å². The van der Waals surface area contributed by atoms with Gasteiger partial charge in [-0.1, -0.05) is 65.9 Å². The molecule has 4 rings (SSSR count). The highest BCUT2D eigenvalue weighted by Gasteiger charge is 2.15. The summed E-state index contributed by atoms with van der Waals surface area (Å²) in [6.45, 7) is 2.56. The maximum Gasteiger partial charge on any atom is 0.262 e. The number of carbonyl (C=O) groups is 1. The summed E-state index contributed by atoms with van der Waals surface area (Å²) in [7, 11) is 0. The Kier molecular flexibility index (Phi) is 7.43. The molecule has 1 N–H and O–H groups in total. The number of carbonyl (C=O) groups excluding carboxylic acids is 1. The van der Waals surface area contributed by atoms with Gasteiger partial charge in [0.1, 0.15) is 0 Å². The van der Waals surface area contributed by atoms with Crippen LogP contribution >= 0.6 is 11.8 Å². The maximum absolute atomic E-state index is 13.2. The lowest BCUT2D eigenvalue weighted by molar-refractivity contribution is -0.119. The predicted octanol–water partition coefficient (Wildman–Crippen LogP) is 5.26. The van der Waals surface area contributed by atoms with Gasteiger partial charge in [0.15, 0.2) is 5.16 Å². The lowest BCUT2D eigenvalue weighted by atomic mass is 9.97. The molecule has 1 atom stereocenters. The second kappa shape index (κ2) is 10.6. The molecule has 2 aromatic carbocycles. The number of rotatable bonds is 8. The number of benzene rings is 2. The molecule has 6 heteroatoms. The number of thioether (sulfide) groups is 1. The highest BCUT2D eigenvalue weighted by Crippen LogP contribution is 2.23. The maximum atomic E-state index is 13.2. The summed E-state index contributed by atoms with van der Waals surface area (Å²) in [6, 6.07) is 17.2. The van der Waals surface area contributed by atoms with Gasteiger partial charge in [-0.15, -0.1) is 0 Å². The number of hydrogen-bond donors (Lipinski definition) is 1. The summed E-state index contributed by atoms with van der Waals surface area (Å²) in [6.07, 6.45) is 7.87. The van der Waals surface area contributed by atoms with E-state index in [9.17, 15) is 9.59 Å². The zero-order chi connectivity index (χ0) is 22.3. The zero-order valence-electron chi connectivity index (χ0n) is 18.4. The van der Waals surface area contributed by atoms with Gasteiger partial charge in [0, 0.05) is 6.54 Å². The van der Waals surface area contributed by atoms with Crippen molar-refractivity contribution in [1.29, 1.82) is 0 Å². The number of amides is 1. The summed E-state index contributed by atoms with van der Waals surface area (Å²) < 4.78 is 1.75. The molecule has 1 aromatic heterocycles. The molecule has 0 bridgehead atoms. The van der Waals surface area contributed by atoms with E-state index in [0.717, 1.165) is 24.8 Å². The first kappa shape index (κ1) is 22.3. The Morgan fingerprint density at radius 1 is 1.12 bits per heavy atom. The number of nitrogens with zero attached hydrogens (tertiary/aromatic N) is 2. The number of aromatic nitrogens is 2. The van der Waals surface area contributed by atoms with E-state index in [1.54, 1.807) is 4.57 Å². The van der Waals surface area contributed by atoms with Gasteiger partial charge < -0.3 is 5.32 Å². The van der Waals surface area contributed by atoms with Crippen LogP contribution in [0.15, 0.2) is 76.2 Å². The minimum absolute atomic E-state index is 0.0347. The smallest absolute Gasteiger partial charge is 0.262 e. The summed E-state index contributed by atoms with van der Waals surface area (Å²) in [5, 5.41) is 4.26. The molecule has 1 heterocycles. The van der Waals surface area contributed by atoms with E-state index in [-0.39, 0.29) is 23.3 Å². The Bertz CT molecular complexity index is 1170. The Morgan fingerprint density at radius 2 is 1.91 bits per heavy atom. The Hall–Kier alpha value is -2.86. The fourth-order valence-corrected chi connectivity index (χ4v) is 4.92. The number of fused-ring (bicyclic) bond motifs is 1. The van der Waals surface area contributed by atoms with Gasteiger partial charge in [0.2, 0.25) is 5.91 Å². The van der Waals surface area contributed by atoms with Crippen molar-refractivity contribution >= 4 is 28.6 Å². The molecule has 1 unspecified atom stereocenters. The van der Waals surface area contributed by atoms with Gasteiger partial charge in [0.25, 0.3) is 5.56 Å². The number of nitrogens with one attached hydrogen (secondary N) is 1. The quantitative estimate of drug-likeness (QED) is 0.291. The summed E-state index contributed by atoms with van der Waals surface area (Å²) in [4.78, 5) is 30.6. The molecule has 0 fully saturated rings. The lowest BCUT2D eigenvalue weighted by Crippen LogP contribution is -2.29. The van der Waals surface area contributed by atoms with Crippen LogP contribution in [0.1, 0.15) is 50.6 Å². The van der Waals surface area contributed by atoms with Crippen molar-refractivity contribution in [2.45, 2.75) is 56.8 Å². The molecule has 5 nitrogen and oxygen atoms in total. The van der Waals surface area contributed by atoms with E-state index in [1.165, 1.54) is 30.2 Å². The van der Waals surface area contributed by atoms with E-state index >= 15 is 0 Å². The van der Waals surface area contributed by atoms with Crippen LogP contribution in [-0.2, 0) is 11.3 Å². The Balaban J connectivity index is 1.50. The van der Waals surface area contributed by atoms with Crippen LogP contribution in [0, 0.1) is 0 Å². The first-order chi connectivity index (χ1) is 15.6. The summed E-state index contributed by atoms with van der Waals surface area (Å²) in [5.74, 6) is 0.139. The Morgan fingerprint density at radius 3 is 2.69 bits per heavy atom. The standard InChI is InChI=1S/C26H29N3O2S/c1-19(21-12-6-3-7-13-21)27-24(30)18-32-26-28-23-15-9-8-14-22(23)25(31)29(26)17-16-20-10-4-2-5-11-20/h3,6-10,12-15,19H,2,4-5,11,16-18H2,1H3,(H,27,30). The van der Waals surface area contributed by atoms with E-state index in [2.05, 4.69) is 11.4 Å². The van der Waals surface area contributed by atoms with Crippen LogP contribution in [0.3, 0.4) is 0 Å². The lowest BCUT2D eigenvalue weighted by Gasteiger charge is -2.17. The zero-order valence-corrected chi connectivity index (χ0v) is 19.2. The predicted molar refractivity (Wildman–Crippen MR) is 131 cm³/mol. The van der Waals surface area contributed by atoms with Gasteiger partial charge in [-0.05, 0) is 56.7 Å². The summed E-state index contributed by atoms with van der Waals surface area (Å²) in [5.41, 5.74) is 3.12. The molecule has 32 heavy (non-hydrogen) atoms. The first-order valence-electron chi connectivity index (χ1n) is 11.3. The van der Waals surface area contributed by atoms with Crippen molar-refractivity contribution in [2.24, 2.45) is 0 Å². The number of para-hydroxylation sites is 1. The van der Waals surface area contributed by atoms with E-state index in [0.29, 0.717) is 22.6 Å². The fourth-order valence-electron chi connectivity index (χ4n) is 4.08. The normalized spacial score (nSPS) is 14.7. The van der Waals surface area contributed by atoms with Crippen LogP contribution < -0.4 is 10.9 Å². The highest BCUT2D eigenvalue weighted by molar-refractivity contribution is 7.99. The van der Waals surface area contributed by atoms with Gasteiger partial charge in [-0.25, -0.2) is 4.98 Å². The van der Waals surface area contributed by atoms with Crippen LogP contribution in [0.5, 0.6) is 0 Å². The molecule has 1 aliphatic carbocycles. The molecule has 0 aliphatic heterocycles. The van der Waals surface area contributed by atoms with Crippen molar-refractivity contribution in [3.63, 3.8) is 0 Å². The van der Waals surface area contributed by atoms with Crippen molar-refractivity contribution in [1.82, 2.24) is 14.9 Å². The largest absolute Gasteiger partial charge is 0.349 e. The second-order valence-electron chi connectivity index (χ2n) is 8.22. The molecular formula is C26H29N3O2S.